The van der Waals surface area contributed by atoms with Gasteiger partial charge in [0.05, 0.1) is 12.2 Å². The van der Waals surface area contributed by atoms with Gasteiger partial charge in [0, 0.05) is 12.1 Å². The Morgan fingerprint density at radius 3 is 2.67 bits per heavy atom. The van der Waals surface area contributed by atoms with Crippen LogP contribution in [0.15, 0.2) is 18.2 Å². The van der Waals surface area contributed by atoms with Gasteiger partial charge in [-0.05, 0) is 129 Å². The van der Waals surface area contributed by atoms with E-state index in [1.807, 2.05) is 6.92 Å². The molecule has 4 fully saturated rings. The average Bonchev–Trinajstić information content (AvgIpc) is 3.20. The van der Waals surface area contributed by atoms with E-state index in [4.69, 9.17) is 0 Å². The van der Waals surface area contributed by atoms with Crippen LogP contribution in [0.2, 0.25) is 0 Å². The minimum Gasteiger partial charge on any atom is -0.393 e. The molecule has 0 saturated heterocycles. The van der Waals surface area contributed by atoms with E-state index in [0.29, 0.717) is 47.6 Å². The Kier molecular flexibility index (Phi) is 7.04. The molecule has 0 bridgehead atoms. The molecular weight excluding hydrogens is 453 g/mol. The Bertz CT molecular complexity index is 983. The topological polar surface area (TPSA) is 69.6 Å². The summed E-state index contributed by atoms with van der Waals surface area (Å²) in [4.78, 5) is 12.7. The summed E-state index contributed by atoms with van der Waals surface area (Å²) in [5, 5.41) is 24.9. The monoisotopic (exact) mass is 499 g/mol. The number of amides is 1. The SMILES string of the molecule is Cc1ccc(F)cc1NC(=O)CC[C@@H](C)[C@H]1CC[C@H]2[C@@H]3CC[C@@H]4C[C@H](O)CC[C@]4(C)[C@H]3C[C@H](O)[C@]12C. The summed E-state index contributed by atoms with van der Waals surface area (Å²) in [5.41, 5.74) is 1.57. The van der Waals surface area contributed by atoms with Gasteiger partial charge in [-0.25, -0.2) is 4.39 Å². The van der Waals surface area contributed by atoms with E-state index < -0.39 is 0 Å². The Balaban J connectivity index is 1.25. The van der Waals surface area contributed by atoms with Crippen LogP contribution < -0.4 is 5.32 Å². The average molecular weight is 500 g/mol. The molecule has 0 aliphatic heterocycles. The number of aliphatic hydroxyl groups excluding tert-OH is 2. The number of aryl methyl sites for hydroxylation is 1. The molecule has 4 saturated carbocycles. The lowest BCUT2D eigenvalue weighted by atomic mass is 9.43. The number of carbonyl (C=O) groups excluding carboxylic acids is 1. The highest BCUT2D eigenvalue weighted by Gasteiger charge is 2.63. The number of fused-ring (bicyclic) bond motifs is 5. The second-order valence-electron chi connectivity index (χ2n) is 13.4. The molecule has 1 aromatic rings. The Morgan fingerprint density at radius 2 is 1.89 bits per heavy atom. The van der Waals surface area contributed by atoms with Crippen molar-refractivity contribution in [3.63, 3.8) is 0 Å². The third-order valence-corrected chi connectivity index (χ3v) is 11.8. The fourth-order valence-electron chi connectivity index (χ4n) is 9.66. The van der Waals surface area contributed by atoms with E-state index in [2.05, 4.69) is 26.1 Å². The summed E-state index contributed by atoms with van der Waals surface area (Å²) < 4.78 is 13.6. The van der Waals surface area contributed by atoms with Gasteiger partial charge in [-0.15, -0.1) is 0 Å². The number of aliphatic hydroxyl groups is 2. The third kappa shape index (κ3) is 4.32. The molecule has 0 aromatic heterocycles. The van der Waals surface area contributed by atoms with Crippen molar-refractivity contribution in [1.29, 1.82) is 0 Å². The number of halogens is 1. The van der Waals surface area contributed by atoms with Gasteiger partial charge in [0.25, 0.3) is 0 Å². The minimum absolute atomic E-state index is 0.0646. The predicted octanol–water partition coefficient (Wildman–Crippen LogP) is 6.48. The quantitative estimate of drug-likeness (QED) is 0.434. The molecule has 0 heterocycles. The summed E-state index contributed by atoms with van der Waals surface area (Å²) in [7, 11) is 0. The first-order chi connectivity index (χ1) is 17.0. The number of rotatable bonds is 5. The zero-order valence-electron chi connectivity index (χ0n) is 22.6. The van der Waals surface area contributed by atoms with Crippen molar-refractivity contribution in [2.45, 2.75) is 104 Å². The molecule has 5 rings (SSSR count). The van der Waals surface area contributed by atoms with E-state index in [-0.39, 0.29) is 34.8 Å². The third-order valence-electron chi connectivity index (χ3n) is 11.8. The summed E-state index contributed by atoms with van der Waals surface area (Å²) in [6, 6.07) is 4.49. The van der Waals surface area contributed by atoms with E-state index in [1.165, 1.54) is 31.4 Å². The Labute approximate surface area is 216 Å². The lowest BCUT2D eigenvalue weighted by Gasteiger charge is -2.62. The molecule has 5 heteroatoms. The van der Waals surface area contributed by atoms with Gasteiger partial charge < -0.3 is 15.5 Å². The van der Waals surface area contributed by atoms with Crippen LogP contribution in [0.25, 0.3) is 0 Å². The molecule has 4 aliphatic rings. The summed E-state index contributed by atoms with van der Waals surface area (Å²) in [6.07, 6.45) is 9.36. The first kappa shape index (κ1) is 26.2. The van der Waals surface area contributed by atoms with Gasteiger partial charge in [-0.1, -0.05) is 26.8 Å². The van der Waals surface area contributed by atoms with Crippen LogP contribution in [0.5, 0.6) is 0 Å². The Hall–Kier alpha value is -1.46. The lowest BCUT2D eigenvalue weighted by Crippen LogP contribution is -2.58. The molecule has 10 atom stereocenters. The summed E-state index contributed by atoms with van der Waals surface area (Å²) in [5.74, 6) is 2.74. The lowest BCUT2D eigenvalue weighted by molar-refractivity contribution is -0.174. The molecule has 4 aliphatic carbocycles. The maximum Gasteiger partial charge on any atom is 0.224 e. The highest BCUT2D eigenvalue weighted by Crippen LogP contribution is 2.68. The van der Waals surface area contributed by atoms with Crippen molar-refractivity contribution in [3.05, 3.63) is 29.6 Å². The molecular formula is C31H46FNO3. The highest BCUT2D eigenvalue weighted by molar-refractivity contribution is 5.91. The summed E-state index contributed by atoms with van der Waals surface area (Å²) >= 11 is 0. The smallest absolute Gasteiger partial charge is 0.224 e. The zero-order chi connectivity index (χ0) is 25.8. The number of hydrogen-bond donors (Lipinski definition) is 3. The number of nitrogens with one attached hydrogen (secondary N) is 1. The van der Waals surface area contributed by atoms with Gasteiger partial charge in [-0.2, -0.15) is 0 Å². The second kappa shape index (κ2) is 9.69. The van der Waals surface area contributed by atoms with Gasteiger partial charge in [0.1, 0.15) is 5.82 Å². The van der Waals surface area contributed by atoms with Crippen LogP contribution in [0.1, 0.15) is 90.5 Å². The molecule has 36 heavy (non-hydrogen) atoms. The van der Waals surface area contributed by atoms with Crippen molar-refractivity contribution in [3.8, 4) is 0 Å². The molecule has 0 spiro atoms. The first-order valence-corrected chi connectivity index (χ1v) is 14.5. The van der Waals surface area contributed by atoms with E-state index in [1.54, 1.807) is 6.07 Å². The molecule has 1 aromatic carbocycles. The molecule has 3 N–H and O–H groups in total. The van der Waals surface area contributed by atoms with Crippen molar-refractivity contribution in [2.24, 2.45) is 46.3 Å². The standard InChI is InChI=1S/C31H46FNO3/c1-18(6-12-29(36)33-27-16-21(32)8-5-19(27)2)24-10-11-25-23-9-7-20-15-22(34)13-14-30(20,3)26(23)17-28(35)31(24,25)4/h5,8,16,18,20,22-26,28,34-35H,6-7,9-15,17H2,1-4H3,(H,33,36)/t18-,20-,22-,23+,24-,25+,26+,28+,30+,31-/m1/s1. The maximum atomic E-state index is 13.6. The van der Waals surface area contributed by atoms with E-state index >= 15 is 0 Å². The highest BCUT2D eigenvalue weighted by atomic mass is 19.1. The van der Waals surface area contributed by atoms with Crippen molar-refractivity contribution in [2.75, 3.05) is 5.32 Å². The maximum absolute atomic E-state index is 13.6. The van der Waals surface area contributed by atoms with Gasteiger partial charge in [0.15, 0.2) is 0 Å². The molecule has 0 unspecified atom stereocenters. The summed E-state index contributed by atoms with van der Waals surface area (Å²) in [6.45, 7) is 8.95. The molecule has 200 valence electrons. The van der Waals surface area contributed by atoms with Crippen LogP contribution >= 0.6 is 0 Å². The van der Waals surface area contributed by atoms with Crippen LogP contribution in [0, 0.1) is 59.1 Å². The molecule has 0 radical (unpaired) electrons. The van der Waals surface area contributed by atoms with E-state index in [9.17, 15) is 19.4 Å². The number of carbonyl (C=O) groups is 1. The number of hydrogen-bond acceptors (Lipinski definition) is 3. The van der Waals surface area contributed by atoms with Crippen LogP contribution in [-0.2, 0) is 4.79 Å². The van der Waals surface area contributed by atoms with E-state index in [0.717, 1.165) is 44.1 Å². The fraction of sp³-hybridized carbons (Fsp3) is 0.774. The van der Waals surface area contributed by atoms with Crippen LogP contribution in [0.4, 0.5) is 10.1 Å². The first-order valence-electron chi connectivity index (χ1n) is 14.5. The fourth-order valence-corrected chi connectivity index (χ4v) is 9.66. The largest absolute Gasteiger partial charge is 0.393 e. The second-order valence-corrected chi connectivity index (χ2v) is 13.4. The van der Waals surface area contributed by atoms with Crippen molar-refractivity contribution >= 4 is 11.6 Å². The normalized spacial score (nSPS) is 42.7. The van der Waals surface area contributed by atoms with Gasteiger partial charge >= 0.3 is 0 Å². The molecule has 4 nitrogen and oxygen atoms in total. The van der Waals surface area contributed by atoms with Gasteiger partial charge in [0.2, 0.25) is 5.91 Å². The minimum atomic E-state index is -0.342. The molecule has 1 amide bonds. The van der Waals surface area contributed by atoms with Crippen LogP contribution in [0.3, 0.4) is 0 Å². The Morgan fingerprint density at radius 1 is 1.11 bits per heavy atom. The predicted molar refractivity (Wildman–Crippen MR) is 141 cm³/mol. The van der Waals surface area contributed by atoms with Crippen LogP contribution in [-0.4, -0.2) is 28.3 Å². The number of benzene rings is 1. The number of anilines is 1. The van der Waals surface area contributed by atoms with Crippen molar-refractivity contribution in [1.82, 2.24) is 0 Å². The van der Waals surface area contributed by atoms with Crippen molar-refractivity contribution < 1.29 is 19.4 Å². The zero-order valence-corrected chi connectivity index (χ0v) is 22.6. The van der Waals surface area contributed by atoms with Gasteiger partial charge in [-0.3, -0.25) is 4.79 Å².